The maximum absolute atomic E-state index is 15.3. The summed E-state index contributed by atoms with van der Waals surface area (Å²) in [5, 5.41) is 22.8. The number of hydrogen-bond donors (Lipinski definition) is 7. The van der Waals surface area contributed by atoms with Gasteiger partial charge in [-0.2, -0.15) is 0 Å². The van der Waals surface area contributed by atoms with E-state index in [0.717, 1.165) is 30.2 Å². The summed E-state index contributed by atoms with van der Waals surface area (Å²) in [5.41, 5.74) is 7.00. The Morgan fingerprint density at radius 3 is 2.15 bits per heavy atom. The summed E-state index contributed by atoms with van der Waals surface area (Å²) in [7, 11) is 0. The number of halogens is 2. The molecule has 0 radical (unpaired) electrons. The van der Waals surface area contributed by atoms with E-state index >= 15 is 4.39 Å². The molecule has 4 aromatic rings. The van der Waals surface area contributed by atoms with Gasteiger partial charge in [0.15, 0.2) is 0 Å². The number of amides is 7. The number of aliphatic hydroxyl groups is 1. The van der Waals surface area contributed by atoms with E-state index in [1.807, 2.05) is 62.6 Å². The number of aliphatic hydroxyl groups excluding tert-OH is 1. The van der Waals surface area contributed by atoms with Crippen molar-refractivity contribution in [2.75, 3.05) is 32.8 Å². The van der Waals surface area contributed by atoms with E-state index in [4.69, 9.17) is 5.73 Å². The predicted molar refractivity (Wildman–Crippen MR) is 240 cm³/mol. The van der Waals surface area contributed by atoms with Crippen LogP contribution in [0.5, 0.6) is 0 Å². The fraction of sp³-hybridized carbons (Fsp3) is 0.404. The number of nitrogens with one attached hydrogen (secondary N) is 5. The Bertz CT molecular complexity index is 2300. The van der Waals surface area contributed by atoms with Crippen molar-refractivity contribution in [1.29, 1.82) is 0 Å². The molecule has 0 saturated heterocycles. The van der Waals surface area contributed by atoms with E-state index in [-0.39, 0.29) is 38.0 Å². The van der Waals surface area contributed by atoms with Gasteiger partial charge >= 0.3 is 0 Å². The Kier molecular flexibility index (Phi) is 19.5. The average Bonchev–Trinajstić information content (AvgIpc) is 3.68. The molecule has 2 aromatic heterocycles. The minimum atomic E-state index is -1.60. The van der Waals surface area contributed by atoms with Gasteiger partial charge in [0.25, 0.3) is 0 Å². The third-order valence-electron chi connectivity index (χ3n) is 10.4. The third-order valence-corrected chi connectivity index (χ3v) is 10.4. The molecule has 0 spiro atoms. The average molecular weight is 916 g/mol. The molecule has 8 N–H and O–H groups in total. The minimum Gasteiger partial charge on any atom is -0.387 e. The van der Waals surface area contributed by atoms with Crippen molar-refractivity contribution in [2.45, 2.75) is 84.5 Å². The lowest BCUT2D eigenvalue weighted by Gasteiger charge is -2.41. The highest BCUT2D eigenvalue weighted by Crippen LogP contribution is 2.41. The third kappa shape index (κ3) is 15.9. The molecule has 0 aliphatic rings. The summed E-state index contributed by atoms with van der Waals surface area (Å²) >= 11 is 0. The van der Waals surface area contributed by atoms with Crippen LogP contribution in [0.3, 0.4) is 0 Å². The maximum Gasteiger partial charge on any atom is 0.248 e. The van der Waals surface area contributed by atoms with Crippen LogP contribution in [-0.2, 0) is 46.5 Å². The van der Waals surface area contributed by atoms with Gasteiger partial charge in [0, 0.05) is 55.0 Å². The smallest absolute Gasteiger partial charge is 0.248 e. The zero-order valence-corrected chi connectivity index (χ0v) is 37.6. The molecule has 0 fully saturated rings. The molecule has 7 amide bonds. The normalized spacial score (nSPS) is 12.5. The molecule has 354 valence electrons. The molecule has 19 heteroatoms. The SMILES string of the molecule is CCCCNC(=O)C(CCN(C(=O)CO)C(c1cc(-c2cc(F)ccc2F)cn1Cc1ccccc1)C(C)(C)C)NC(=O)C(CC(N)=O)NC(=O)CNC(=O)CNC(=O)Cc1ccncc1. The van der Waals surface area contributed by atoms with Gasteiger partial charge in [-0.05, 0) is 65.8 Å². The second-order valence-electron chi connectivity index (χ2n) is 16.8. The molecule has 4 rings (SSSR count). The zero-order valence-electron chi connectivity index (χ0n) is 37.6. The van der Waals surface area contributed by atoms with Crippen LogP contribution in [0.2, 0.25) is 0 Å². The van der Waals surface area contributed by atoms with Crippen LogP contribution in [0.4, 0.5) is 8.78 Å². The Hall–Kier alpha value is -7.02. The predicted octanol–water partition coefficient (Wildman–Crippen LogP) is 2.41. The second-order valence-corrected chi connectivity index (χ2v) is 16.8. The molecule has 0 aliphatic carbocycles. The monoisotopic (exact) mass is 915 g/mol. The Balaban J connectivity index is 1.58. The summed E-state index contributed by atoms with van der Waals surface area (Å²) in [6.45, 7) is 5.73. The van der Waals surface area contributed by atoms with Crippen molar-refractivity contribution < 1.29 is 47.4 Å². The molecule has 17 nitrogen and oxygen atoms in total. The van der Waals surface area contributed by atoms with E-state index in [1.54, 1.807) is 24.4 Å². The maximum atomic E-state index is 15.3. The van der Waals surface area contributed by atoms with Gasteiger partial charge in [-0.25, -0.2) is 8.78 Å². The van der Waals surface area contributed by atoms with Crippen molar-refractivity contribution in [1.82, 2.24) is 41.0 Å². The number of carbonyl (C=O) groups excluding carboxylic acids is 7. The topological polar surface area (TPSA) is 247 Å². The summed E-state index contributed by atoms with van der Waals surface area (Å²) in [6, 6.07) is 13.6. The molecule has 0 bridgehead atoms. The summed E-state index contributed by atoms with van der Waals surface area (Å²) in [4.78, 5) is 96.5. The van der Waals surface area contributed by atoms with Gasteiger partial charge in [-0.3, -0.25) is 38.5 Å². The number of benzene rings is 2. The number of carbonyl (C=O) groups is 7. The van der Waals surface area contributed by atoms with Gasteiger partial charge in [0.05, 0.1) is 32.0 Å². The van der Waals surface area contributed by atoms with E-state index in [9.17, 15) is 43.1 Å². The number of nitrogens with two attached hydrogens (primary N) is 1. The van der Waals surface area contributed by atoms with Crippen LogP contribution in [-0.4, -0.2) is 106 Å². The minimum absolute atomic E-state index is 0.00511. The molecule has 2 heterocycles. The number of pyridine rings is 1. The van der Waals surface area contributed by atoms with Crippen molar-refractivity contribution in [3.8, 4) is 11.1 Å². The van der Waals surface area contributed by atoms with Gasteiger partial charge in [0.1, 0.15) is 30.3 Å². The second kappa shape index (κ2) is 24.9. The van der Waals surface area contributed by atoms with Gasteiger partial charge in [-0.15, -0.1) is 0 Å². The Morgan fingerprint density at radius 2 is 1.50 bits per heavy atom. The number of unbranched alkanes of at least 4 members (excludes halogenated alkanes) is 1. The lowest BCUT2D eigenvalue weighted by Crippen LogP contribution is -2.56. The molecule has 3 unspecified atom stereocenters. The molecule has 2 aromatic carbocycles. The van der Waals surface area contributed by atoms with E-state index in [1.165, 1.54) is 17.3 Å². The fourth-order valence-corrected chi connectivity index (χ4v) is 7.25. The van der Waals surface area contributed by atoms with E-state index in [2.05, 4.69) is 31.6 Å². The fourth-order valence-electron chi connectivity index (χ4n) is 7.25. The standard InChI is InChI=1S/C47H59F2N9O8/c1-5-6-17-52-45(65)36(56-46(66)37(24-39(50)60)55-42(63)26-54-41(62)25-53-40(61)21-30-14-18-51-19-15-30)16-20-58(43(64)29-59)44(47(2,3)4)38-22-32(34-23-33(48)12-13-35(34)49)28-57(38)27-31-10-8-7-9-11-31/h7-15,18-19,22-23,28,36-37,44,59H,5-6,16-17,20-21,24-27,29H2,1-4H3,(H2,50,60)(H,52,65)(H,53,61)(H,54,62)(H,55,63)(H,56,66). The molecule has 0 saturated carbocycles. The molecular weight excluding hydrogens is 857 g/mol. The van der Waals surface area contributed by atoms with Gasteiger partial charge in [-0.1, -0.05) is 64.4 Å². The highest BCUT2D eigenvalue weighted by Gasteiger charge is 2.38. The van der Waals surface area contributed by atoms with Crippen molar-refractivity contribution in [3.05, 3.63) is 114 Å². The molecule has 0 aliphatic heterocycles. The Morgan fingerprint density at radius 1 is 0.818 bits per heavy atom. The summed E-state index contributed by atoms with van der Waals surface area (Å²) in [6.07, 6.45) is 5.11. The zero-order chi connectivity index (χ0) is 48.4. The van der Waals surface area contributed by atoms with Gasteiger partial charge in [0.2, 0.25) is 41.4 Å². The molecule has 66 heavy (non-hydrogen) atoms. The highest BCUT2D eigenvalue weighted by atomic mass is 19.1. The van der Waals surface area contributed by atoms with Crippen LogP contribution in [0.15, 0.2) is 85.3 Å². The van der Waals surface area contributed by atoms with Crippen LogP contribution in [0.25, 0.3) is 11.1 Å². The van der Waals surface area contributed by atoms with Crippen molar-refractivity contribution >= 4 is 41.4 Å². The number of aromatic nitrogens is 2. The number of primary amides is 1. The lowest BCUT2D eigenvalue weighted by molar-refractivity contribution is -0.140. The molecule has 3 atom stereocenters. The van der Waals surface area contributed by atoms with E-state index in [0.29, 0.717) is 23.2 Å². The number of rotatable bonds is 24. The van der Waals surface area contributed by atoms with Crippen LogP contribution in [0, 0.1) is 17.0 Å². The van der Waals surface area contributed by atoms with Crippen LogP contribution < -0.4 is 32.3 Å². The quantitative estimate of drug-likeness (QED) is 0.0510. The highest BCUT2D eigenvalue weighted by molar-refractivity contribution is 5.96. The van der Waals surface area contributed by atoms with Gasteiger partial charge < -0.3 is 46.9 Å². The summed E-state index contributed by atoms with van der Waals surface area (Å²) < 4.78 is 31.6. The first-order valence-corrected chi connectivity index (χ1v) is 21.6. The van der Waals surface area contributed by atoms with Crippen molar-refractivity contribution in [2.24, 2.45) is 11.1 Å². The van der Waals surface area contributed by atoms with Crippen LogP contribution in [0.1, 0.15) is 76.2 Å². The first kappa shape index (κ1) is 51.6. The first-order valence-electron chi connectivity index (χ1n) is 21.6. The lowest BCUT2D eigenvalue weighted by atomic mass is 9.82. The summed E-state index contributed by atoms with van der Waals surface area (Å²) in [5.74, 6) is -6.69. The largest absolute Gasteiger partial charge is 0.387 e. The van der Waals surface area contributed by atoms with Crippen LogP contribution >= 0.6 is 0 Å². The first-order chi connectivity index (χ1) is 31.4. The number of nitrogens with zero attached hydrogens (tertiary/aromatic N) is 3. The Labute approximate surface area is 382 Å². The van der Waals surface area contributed by atoms with E-state index < -0.39 is 103 Å². The molecular formula is C47H59F2N9O8. The van der Waals surface area contributed by atoms with Crippen molar-refractivity contribution in [3.63, 3.8) is 0 Å². The number of hydrogen-bond acceptors (Lipinski definition) is 9.